The molecule has 1 atom stereocenters. The molecule has 1 unspecified atom stereocenters. The monoisotopic (exact) mass is 255 g/mol. The third kappa shape index (κ3) is 2.05. The Hall–Kier alpha value is -1.30. The summed E-state index contributed by atoms with van der Waals surface area (Å²) < 4.78 is 5.12. The lowest BCUT2D eigenvalue weighted by Crippen LogP contribution is -2.54. The fourth-order valence-corrected chi connectivity index (χ4v) is 2.90. The normalized spacial score (nSPS) is 27.1. The summed E-state index contributed by atoms with van der Waals surface area (Å²) in [6, 6.07) is 0. The molecular weight excluding hydrogens is 234 g/mol. The lowest BCUT2D eigenvalue weighted by molar-refractivity contribution is -0.141. The van der Waals surface area contributed by atoms with Gasteiger partial charge in [-0.15, -0.1) is 0 Å². The van der Waals surface area contributed by atoms with Crippen LogP contribution in [0.3, 0.4) is 0 Å². The van der Waals surface area contributed by atoms with Crippen molar-refractivity contribution < 1.29 is 14.7 Å². The van der Waals surface area contributed by atoms with Crippen LogP contribution in [0, 0.1) is 11.3 Å². The zero-order valence-corrected chi connectivity index (χ0v) is 10.8. The highest BCUT2D eigenvalue weighted by molar-refractivity contribution is 6.07. The van der Waals surface area contributed by atoms with Crippen molar-refractivity contribution in [2.45, 2.75) is 25.7 Å². The van der Waals surface area contributed by atoms with Gasteiger partial charge in [-0.05, 0) is 19.3 Å². The number of carbonyl (C=O) groups is 1. The van der Waals surface area contributed by atoms with E-state index in [4.69, 9.17) is 15.7 Å². The Labute approximate surface area is 107 Å². The van der Waals surface area contributed by atoms with Crippen LogP contribution in [0.25, 0.3) is 0 Å². The maximum atomic E-state index is 12.5. The van der Waals surface area contributed by atoms with Gasteiger partial charge in [0.25, 0.3) is 0 Å². The maximum absolute atomic E-state index is 12.5. The minimum Gasteiger partial charge on any atom is -0.409 e. The van der Waals surface area contributed by atoms with E-state index in [-0.39, 0.29) is 11.7 Å². The van der Waals surface area contributed by atoms with Gasteiger partial charge in [-0.1, -0.05) is 11.6 Å². The minimum atomic E-state index is -0.739. The molecule has 18 heavy (non-hydrogen) atoms. The molecule has 0 aromatic carbocycles. The van der Waals surface area contributed by atoms with Crippen molar-refractivity contribution in [2.24, 2.45) is 22.2 Å². The third-order valence-electron chi connectivity index (χ3n) is 4.19. The second-order valence-electron chi connectivity index (χ2n) is 5.28. The van der Waals surface area contributed by atoms with Crippen molar-refractivity contribution in [1.29, 1.82) is 0 Å². The van der Waals surface area contributed by atoms with E-state index in [1.54, 1.807) is 7.11 Å². The van der Waals surface area contributed by atoms with Crippen LogP contribution in [0.2, 0.25) is 0 Å². The molecular formula is C12H21N3O3. The van der Waals surface area contributed by atoms with E-state index in [0.717, 1.165) is 19.4 Å². The summed E-state index contributed by atoms with van der Waals surface area (Å²) in [7, 11) is 1.67. The van der Waals surface area contributed by atoms with Crippen molar-refractivity contribution in [2.75, 3.05) is 26.8 Å². The molecule has 1 aliphatic carbocycles. The summed E-state index contributed by atoms with van der Waals surface area (Å²) in [4.78, 5) is 14.3. The number of amidine groups is 1. The summed E-state index contributed by atoms with van der Waals surface area (Å²) in [6.07, 6.45) is 3.30. The average Bonchev–Trinajstić information content (AvgIpc) is 2.76. The first-order chi connectivity index (χ1) is 8.64. The van der Waals surface area contributed by atoms with E-state index in [0.29, 0.717) is 31.9 Å². The van der Waals surface area contributed by atoms with Gasteiger partial charge in [-0.25, -0.2) is 0 Å². The fourth-order valence-electron chi connectivity index (χ4n) is 2.90. The van der Waals surface area contributed by atoms with Crippen molar-refractivity contribution >= 4 is 11.7 Å². The van der Waals surface area contributed by atoms with Gasteiger partial charge in [-0.3, -0.25) is 4.79 Å². The lowest BCUT2D eigenvalue weighted by atomic mass is 9.67. The number of rotatable bonds is 4. The van der Waals surface area contributed by atoms with Gasteiger partial charge in [0.2, 0.25) is 5.91 Å². The number of ether oxygens (including phenoxy) is 1. The maximum Gasteiger partial charge on any atom is 0.236 e. The second kappa shape index (κ2) is 5.14. The molecule has 1 saturated carbocycles. The number of oxime groups is 1. The first-order valence-corrected chi connectivity index (χ1v) is 6.40. The molecule has 0 aromatic heterocycles. The highest BCUT2D eigenvalue weighted by Gasteiger charge is 2.51. The van der Waals surface area contributed by atoms with Crippen LogP contribution in [-0.2, 0) is 9.53 Å². The van der Waals surface area contributed by atoms with E-state index in [1.807, 2.05) is 4.90 Å². The van der Waals surface area contributed by atoms with Crippen molar-refractivity contribution in [1.82, 2.24) is 4.90 Å². The molecule has 0 radical (unpaired) electrons. The Bertz CT molecular complexity index is 352. The molecule has 6 nitrogen and oxygen atoms in total. The number of methoxy groups -OCH3 is 1. The van der Waals surface area contributed by atoms with Crippen molar-refractivity contribution in [3.05, 3.63) is 0 Å². The Morgan fingerprint density at radius 3 is 2.83 bits per heavy atom. The molecule has 1 aliphatic heterocycles. The predicted octanol–water partition coefficient (Wildman–Crippen LogP) is 0.398. The summed E-state index contributed by atoms with van der Waals surface area (Å²) in [6.45, 7) is 2.14. The zero-order valence-electron chi connectivity index (χ0n) is 10.8. The Morgan fingerprint density at radius 1 is 1.61 bits per heavy atom. The molecule has 2 rings (SSSR count). The summed E-state index contributed by atoms with van der Waals surface area (Å²) in [5.41, 5.74) is 4.96. The summed E-state index contributed by atoms with van der Waals surface area (Å²) in [5, 5.41) is 11.9. The number of likely N-dealkylation sites (tertiary alicyclic amines) is 1. The Balaban J connectivity index is 2.03. The topological polar surface area (TPSA) is 88.2 Å². The van der Waals surface area contributed by atoms with Gasteiger partial charge in [-0.2, -0.15) is 0 Å². The van der Waals surface area contributed by atoms with Gasteiger partial charge >= 0.3 is 0 Å². The number of hydrogen-bond acceptors (Lipinski definition) is 4. The van der Waals surface area contributed by atoms with Crippen LogP contribution in [0.5, 0.6) is 0 Å². The number of amides is 1. The van der Waals surface area contributed by atoms with E-state index >= 15 is 0 Å². The molecule has 1 amide bonds. The van der Waals surface area contributed by atoms with Gasteiger partial charge in [0, 0.05) is 26.1 Å². The van der Waals surface area contributed by atoms with E-state index < -0.39 is 5.41 Å². The Kier molecular flexibility index (Phi) is 3.75. The van der Waals surface area contributed by atoms with Gasteiger partial charge in [0.1, 0.15) is 5.41 Å². The molecule has 3 N–H and O–H groups in total. The quantitative estimate of drug-likeness (QED) is 0.329. The molecule has 6 heteroatoms. The molecule has 1 saturated heterocycles. The second-order valence-corrected chi connectivity index (χ2v) is 5.28. The van der Waals surface area contributed by atoms with Crippen LogP contribution >= 0.6 is 0 Å². The molecule has 2 fully saturated rings. The number of hydrogen-bond donors (Lipinski definition) is 2. The largest absolute Gasteiger partial charge is 0.409 e. The Morgan fingerprint density at radius 2 is 2.33 bits per heavy atom. The highest BCUT2D eigenvalue weighted by Crippen LogP contribution is 2.43. The zero-order chi connectivity index (χ0) is 13.2. The van der Waals surface area contributed by atoms with Crippen LogP contribution in [0.1, 0.15) is 25.7 Å². The molecule has 0 bridgehead atoms. The van der Waals surface area contributed by atoms with E-state index in [1.165, 1.54) is 0 Å². The van der Waals surface area contributed by atoms with Crippen molar-refractivity contribution in [3.63, 3.8) is 0 Å². The summed E-state index contributed by atoms with van der Waals surface area (Å²) >= 11 is 0. The highest BCUT2D eigenvalue weighted by atomic mass is 16.5. The van der Waals surface area contributed by atoms with Gasteiger partial charge < -0.3 is 20.6 Å². The molecule has 1 heterocycles. The number of nitrogens with two attached hydrogens (primary N) is 1. The SMILES string of the molecule is COCC1CCN(C(=O)C2(C(N)=NO)CCC2)C1. The van der Waals surface area contributed by atoms with Gasteiger partial charge in [0.05, 0.1) is 6.61 Å². The molecule has 0 aromatic rings. The van der Waals surface area contributed by atoms with Crippen LogP contribution in [-0.4, -0.2) is 48.7 Å². The standard InChI is InChI=1S/C12H21N3O3/c1-18-8-9-3-6-15(7-9)11(16)12(4-2-5-12)10(13)14-17/h9,17H,2-8H2,1H3,(H2,13,14). The van der Waals surface area contributed by atoms with Crippen LogP contribution < -0.4 is 5.73 Å². The molecule has 102 valence electrons. The van der Waals surface area contributed by atoms with E-state index in [9.17, 15) is 4.79 Å². The number of nitrogens with zero attached hydrogens (tertiary/aromatic N) is 2. The summed E-state index contributed by atoms with van der Waals surface area (Å²) in [5.74, 6) is 0.486. The van der Waals surface area contributed by atoms with Crippen LogP contribution in [0.4, 0.5) is 0 Å². The fraction of sp³-hybridized carbons (Fsp3) is 0.833. The first-order valence-electron chi connectivity index (χ1n) is 6.40. The molecule has 0 spiro atoms. The lowest BCUT2D eigenvalue weighted by Gasteiger charge is -2.41. The third-order valence-corrected chi connectivity index (χ3v) is 4.19. The smallest absolute Gasteiger partial charge is 0.236 e. The van der Waals surface area contributed by atoms with Crippen LogP contribution in [0.15, 0.2) is 5.16 Å². The minimum absolute atomic E-state index is 0.0163. The molecule has 2 aliphatic rings. The average molecular weight is 255 g/mol. The van der Waals surface area contributed by atoms with E-state index in [2.05, 4.69) is 5.16 Å². The van der Waals surface area contributed by atoms with Crippen molar-refractivity contribution in [3.8, 4) is 0 Å². The number of carbonyl (C=O) groups excluding carboxylic acids is 1. The first kappa shape index (κ1) is 13.1. The predicted molar refractivity (Wildman–Crippen MR) is 66.3 cm³/mol. The van der Waals surface area contributed by atoms with Gasteiger partial charge in [0.15, 0.2) is 5.84 Å².